The average Bonchev–Trinajstić information content (AvgIpc) is 2.77. The van der Waals surface area contributed by atoms with Crippen molar-refractivity contribution < 1.29 is 17.9 Å². The van der Waals surface area contributed by atoms with E-state index in [0.717, 1.165) is 12.8 Å². The molecule has 0 radical (unpaired) electrons. The molecular formula is C12H21N3O4S. The van der Waals surface area contributed by atoms with Gasteiger partial charge in [-0.2, -0.15) is 5.10 Å². The fraction of sp³-hybridized carbons (Fsp3) is 0.667. The van der Waals surface area contributed by atoms with Crippen molar-refractivity contribution in [3.63, 3.8) is 0 Å². The van der Waals surface area contributed by atoms with Gasteiger partial charge in [0.2, 0.25) is 10.0 Å². The van der Waals surface area contributed by atoms with Gasteiger partial charge in [0, 0.05) is 0 Å². The van der Waals surface area contributed by atoms with Crippen LogP contribution in [0.2, 0.25) is 0 Å². The lowest BCUT2D eigenvalue weighted by molar-refractivity contribution is 0.0483. The third kappa shape index (κ3) is 4.31. The second-order valence-corrected chi connectivity index (χ2v) is 6.45. The fourth-order valence-electron chi connectivity index (χ4n) is 1.78. The second kappa shape index (κ2) is 6.85. The number of sulfonamides is 1. The van der Waals surface area contributed by atoms with Crippen LogP contribution < -0.4 is 5.14 Å². The first-order valence-corrected chi connectivity index (χ1v) is 8.09. The Morgan fingerprint density at radius 2 is 2.10 bits per heavy atom. The largest absolute Gasteiger partial charge is 0.461 e. The van der Waals surface area contributed by atoms with Crippen LogP contribution >= 0.6 is 0 Å². The first-order chi connectivity index (χ1) is 9.27. The van der Waals surface area contributed by atoms with Crippen molar-refractivity contribution in [3.8, 4) is 0 Å². The summed E-state index contributed by atoms with van der Waals surface area (Å²) in [4.78, 5) is 11.6. The molecule has 1 aromatic heterocycles. The molecule has 0 bridgehead atoms. The number of nitrogens with zero attached hydrogens (tertiary/aromatic N) is 1. The van der Waals surface area contributed by atoms with E-state index in [4.69, 9.17) is 9.88 Å². The van der Waals surface area contributed by atoms with Crippen LogP contribution in [-0.2, 0) is 21.2 Å². The lowest BCUT2D eigenvalue weighted by Gasteiger charge is -2.06. The number of carbonyl (C=O) groups is 1. The molecule has 0 saturated heterocycles. The zero-order chi connectivity index (χ0) is 15.3. The summed E-state index contributed by atoms with van der Waals surface area (Å²) in [7, 11) is -4.02. The first kappa shape index (κ1) is 16.6. The molecule has 20 heavy (non-hydrogen) atoms. The Kier molecular flexibility index (Phi) is 5.70. The van der Waals surface area contributed by atoms with Gasteiger partial charge in [-0.25, -0.2) is 18.4 Å². The molecule has 0 aromatic carbocycles. The van der Waals surface area contributed by atoms with E-state index in [9.17, 15) is 13.2 Å². The predicted molar refractivity (Wildman–Crippen MR) is 73.7 cm³/mol. The molecule has 3 N–H and O–H groups in total. The standard InChI is InChI=1S/C12H21N3O4S/c1-4-9-11(20(13,17)18)10(15-14-9)12(16)19-7-5-6-8(2)3/h8H,4-7H2,1-3H3,(H,14,15)(H2,13,17,18). The molecule has 0 atom stereocenters. The maximum absolute atomic E-state index is 11.9. The Hall–Kier alpha value is -1.41. The minimum atomic E-state index is -4.02. The molecule has 0 aliphatic rings. The lowest BCUT2D eigenvalue weighted by Crippen LogP contribution is -2.18. The van der Waals surface area contributed by atoms with E-state index < -0.39 is 16.0 Å². The quantitative estimate of drug-likeness (QED) is 0.580. The summed E-state index contributed by atoms with van der Waals surface area (Å²) in [6.45, 7) is 6.11. The number of esters is 1. The molecule has 1 aromatic rings. The third-order valence-corrected chi connectivity index (χ3v) is 3.79. The number of primary sulfonamides is 1. The fourth-order valence-corrected chi connectivity index (χ4v) is 2.71. The van der Waals surface area contributed by atoms with E-state index in [2.05, 4.69) is 24.0 Å². The SMILES string of the molecule is CCc1[nH]nc(C(=O)OCCCC(C)C)c1S(N)(=O)=O. The summed E-state index contributed by atoms with van der Waals surface area (Å²) >= 11 is 0. The second-order valence-electron chi connectivity index (χ2n) is 4.95. The van der Waals surface area contributed by atoms with Crippen LogP contribution in [0.15, 0.2) is 4.90 Å². The van der Waals surface area contributed by atoms with E-state index in [-0.39, 0.29) is 17.2 Å². The maximum Gasteiger partial charge on any atom is 0.360 e. The Labute approximate surface area is 118 Å². The summed E-state index contributed by atoms with van der Waals surface area (Å²) in [5, 5.41) is 11.3. The molecule has 0 spiro atoms. The number of aromatic amines is 1. The topological polar surface area (TPSA) is 115 Å². The van der Waals surface area contributed by atoms with Gasteiger partial charge in [-0.05, 0) is 25.2 Å². The lowest BCUT2D eigenvalue weighted by atomic mass is 10.1. The number of ether oxygens (including phenoxy) is 1. The highest BCUT2D eigenvalue weighted by molar-refractivity contribution is 7.89. The van der Waals surface area contributed by atoms with Gasteiger partial charge in [0.1, 0.15) is 4.90 Å². The van der Waals surface area contributed by atoms with Gasteiger partial charge in [-0.1, -0.05) is 20.8 Å². The van der Waals surface area contributed by atoms with Gasteiger partial charge in [0.15, 0.2) is 5.69 Å². The highest BCUT2D eigenvalue weighted by atomic mass is 32.2. The summed E-state index contributed by atoms with van der Waals surface area (Å²) in [5.41, 5.74) is 0.0375. The molecule has 0 saturated carbocycles. The Morgan fingerprint density at radius 3 is 2.60 bits per heavy atom. The molecule has 0 unspecified atom stereocenters. The maximum atomic E-state index is 11.9. The number of aromatic nitrogens is 2. The van der Waals surface area contributed by atoms with Crippen molar-refractivity contribution in [3.05, 3.63) is 11.4 Å². The van der Waals surface area contributed by atoms with E-state index in [0.29, 0.717) is 18.0 Å². The van der Waals surface area contributed by atoms with Crippen molar-refractivity contribution in [2.45, 2.75) is 44.9 Å². The summed E-state index contributed by atoms with van der Waals surface area (Å²) in [6, 6.07) is 0. The van der Waals surface area contributed by atoms with E-state index in [1.165, 1.54) is 0 Å². The number of nitrogens with two attached hydrogens (primary N) is 1. The molecule has 1 rings (SSSR count). The van der Waals surface area contributed by atoms with Gasteiger partial charge >= 0.3 is 5.97 Å². The van der Waals surface area contributed by atoms with Gasteiger partial charge in [-0.3, -0.25) is 5.10 Å². The van der Waals surface area contributed by atoms with Crippen LogP contribution in [0.3, 0.4) is 0 Å². The molecule has 0 amide bonds. The minimum Gasteiger partial charge on any atom is -0.461 e. The zero-order valence-corrected chi connectivity index (χ0v) is 12.8. The summed E-state index contributed by atoms with van der Waals surface area (Å²) < 4.78 is 28.1. The molecule has 1 heterocycles. The molecule has 0 fully saturated rings. The third-order valence-electron chi connectivity index (χ3n) is 2.78. The molecular weight excluding hydrogens is 282 g/mol. The smallest absolute Gasteiger partial charge is 0.360 e. The van der Waals surface area contributed by atoms with Crippen molar-refractivity contribution in [2.75, 3.05) is 6.61 Å². The number of nitrogens with one attached hydrogen (secondary N) is 1. The number of hydrogen-bond acceptors (Lipinski definition) is 5. The Bertz CT molecular complexity index is 563. The number of carbonyl (C=O) groups excluding carboxylic acids is 1. The van der Waals surface area contributed by atoms with E-state index >= 15 is 0 Å². The number of aryl methyl sites for hydroxylation is 1. The van der Waals surface area contributed by atoms with Gasteiger partial charge in [-0.15, -0.1) is 0 Å². The van der Waals surface area contributed by atoms with Crippen LogP contribution in [0, 0.1) is 5.92 Å². The van der Waals surface area contributed by atoms with Crippen LogP contribution in [0.25, 0.3) is 0 Å². The van der Waals surface area contributed by atoms with Crippen LogP contribution in [0.5, 0.6) is 0 Å². The summed E-state index contributed by atoms with van der Waals surface area (Å²) in [6.07, 6.45) is 2.02. The minimum absolute atomic E-state index is 0.232. The van der Waals surface area contributed by atoms with Crippen molar-refractivity contribution in [2.24, 2.45) is 11.1 Å². The van der Waals surface area contributed by atoms with Crippen molar-refractivity contribution in [1.82, 2.24) is 10.2 Å². The monoisotopic (exact) mass is 303 g/mol. The first-order valence-electron chi connectivity index (χ1n) is 6.54. The molecule has 0 aliphatic carbocycles. The zero-order valence-electron chi connectivity index (χ0n) is 12.0. The van der Waals surface area contributed by atoms with Crippen LogP contribution in [-0.4, -0.2) is 31.2 Å². The van der Waals surface area contributed by atoms with Gasteiger partial charge < -0.3 is 4.74 Å². The highest BCUT2D eigenvalue weighted by Crippen LogP contribution is 2.18. The van der Waals surface area contributed by atoms with Crippen LogP contribution in [0.4, 0.5) is 0 Å². The predicted octanol–water partition coefficient (Wildman–Crippen LogP) is 1.21. The van der Waals surface area contributed by atoms with Crippen molar-refractivity contribution >= 4 is 16.0 Å². The van der Waals surface area contributed by atoms with Crippen molar-refractivity contribution in [1.29, 1.82) is 0 Å². The average molecular weight is 303 g/mol. The molecule has 8 heteroatoms. The number of hydrogen-bond donors (Lipinski definition) is 2. The Balaban J connectivity index is 2.81. The van der Waals surface area contributed by atoms with Crippen LogP contribution in [0.1, 0.15) is 49.8 Å². The molecule has 0 aliphatic heterocycles. The van der Waals surface area contributed by atoms with E-state index in [1.807, 2.05) is 0 Å². The highest BCUT2D eigenvalue weighted by Gasteiger charge is 2.27. The summed E-state index contributed by atoms with van der Waals surface area (Å²) in [5.74, 6) is -0.250. The van der Waals surface area contributed by atoms with E-state index in [1.54, 1.807) is 6.92 Å². The number of H-pyrrole nitrogens is 1. The van der Waals surface area contributed by atoms with Gasteiger partial charge in [0.25, 0.3) is 0 Å². The normalized spacial score (nSPS) is 11.8. The molecule has 114 valence electrons. The Morgan fingerprint density at radius 1 is 1.45 bits per heavy atom. The number of rotatable bonds is 7. The van der Waals surface area contributed by atoms with Gasteiger partial charge in [0.05, 0.1) is 12.3 Å². The molecule has 7 nitrogen and oxygen atoms in total.